The van der Waals surface area contributed by atoms with E-state index in [1.807, 2.05) is 0 Å². The smallest absolute Gasteiger partial charge is 0.187 e. The van der Waals surface area contributed by atoms with Crippen molar-refractivity contribution in [3.8, 4) is 0 Å². The van der Waals surface area contributed by atoms with Crippen molar-refractivity contribution in [3.63, 3.8) is 0 Å². The summed E-state index contributed by atoms with van der Waals surface area (Å²) in [5.74, 6) is 0.122. The number of rotatable bonds is 5. The van der Waals surface area contributed by atoms with E-state index in [4.69, 9.17) is 10.5 Å². The number of nitrogen functional groups attached to an aromatic ring is 1. The molecule has 2 unspecified atom stereocenters. The second kappa shape index (κ2) is 5.16. The summed E-state index contributed by atoms with van der Waals surface area (Å²) in [7, 11) is -1.64. The van der Waals surface area contributed by atoms with Crippen LogP contribution in [0.25, 0.3) is 0 Å². The van der Waals surface area contributed by atoms with Crippen molar-refractivity contribution in [1.82, 2.24) is 4.37 Å². The Morgan fingerprint density at radius 2 is 2.10 bits per heavy atom. The molecule has 0 radical (unpaired) electrons. The van der Waals surface area contributed by atoms with Crippen molar-refractivity contribution >= 4 is 32.2 Å². The number of hydrogen-bond donors (Lipinski definition) is 2. The fourth-order valence-electron chi connectivity index (χ4n) is 2.75. The lowest BCUT2D eigenvalue weighted by atomic mass is 10.2. The maximum atomic E-state index is 12.4. The average molecular weight is 317 g/mol. The third-order valence-electron chi connectivity index (χ3n) is 3.99. The molecule has 2 atom stereocenters. The molecule has 2 saturated carbocycles. The van der Waals surface area contributed by atoms with Gasteiger partial charge in [-0.05, 0) is 43.6 Å². The Bertz CT molecular complexity index is 595. The first-order valence-corrected chi connectivity index (χ1v) is 9.14. The summed E-state index contributed by atoms with van der Waals surface area (Å²) in [6.45, 7) is 0. The minimum absolute atomic E-state index is 0.120. The first kappa shape index (κ1) is 14.1. The molecule has 2 aliphatic rings. The van der Waals surface area contributed by atoms with Gasteiger partial charge in [0.2, 0.25) is 0 Å². The maximum absolute atomic E-state index is 12.4. The van der Waals surface area contributed by atoms with E-state index in [0.29, 0.717) is 5.00 Å². The molecule has 1 heterocycles. The van der Waals surface area contributed by atoms with E-state index < -0.39 is 9.84 Å². The minimum Gasteiger partial charge on any atom is -0.382 e. The van der Waals surface area contributed by atoms with Gasteiger partial charge in [-0.1, -0.05) is 0 Å². The lowest BCUT2D eigenvalue weighted by Gasteiger charge is -2.20. The molecule has 0 aromatic carbocycles. The summed E-state index contributed by atoms with van der Waals surface area (Å²) in [5, 5.41) is 3.59. The number of nitrogens with two attached hydrogens (primary N) is 1. The molecule has 3 rings (SSSR count). The predicted molar refractivity (Wildman–Crippen MR) is 78.8 cm³/mol. The molecule has 2 aliphatic carbocycles. The van der Waals surface area contributed by atoms with Crippen LogP contribution in [-0.4, -0.2) is 37.3 Å². The minimum atomic E-state index is -3.33. The Hall–Kier alpha value is -0.860. The third-order valence-corrected chi connectivity index (χ3v) is 7.25. The molecule has 1 aromatic heterocycles. The van der Waals surface area contributed by atoms with Crippen LogP contribution < -0.4 is 11.1 Å². The SMILES string of the molecule is COC1CCCC1Nc1snc(N)c1S(=O)(=O)C1CC1. The normalized spacial score (nSPS) is 26.9. The van der Waals surface area contributed by atoms with Gasteiger partial charge in [0.05, 0.1) is 17.4 Å². The summed E-state index contributed by atoms with van der Waals surface area (Å²) in [5.41, 5.74) is 5.78. The van der Waals surface area contributed by atoms with Gasteiger partial charge in [0.1, 0.15) is 9.90 Å². The molecule has 1 aromatic rings. The Labute approximate surface area is 122 Å². The Kier molecular flexibility index (Phi) is 3.64. The number of methoxy groups -OCH3 is 1. The van der Waals surface area contributed by atoms with E-state index in [-0.39, 0.29) is 28.1 Å². The van der Waals surface area contributed by atoms with Crippen LogP contribution in [0.1, 0.15) is 32.1 Å². The number of nitrogens with zero attached hydrogens (tertiary/aromatic N) is 1. The zero-order valence-electron chi connectivity index (χ0n) is 11.3. The van der Waals surface area contributed by atoms with E-state index in [1.165, 1.54) is 0 Å². The van der Waals surface area contributed by atoms with Crippen LogP contribution in [0.4, 0.5) is 10.8 Å². The van der Waals surface area contributed by atoms with Crippen LogP contribution in [0.3, 0.4) is 0 Å². The number of sulfone groups is 1. The van der Waals surface area contributed by atoms with Crippen LogP contribution in [0.2, 0.25) is 0 Å². The Morgan fingerprint density at radius 3 is 2.75 bits per heavy atom. The summed E-state index contributed by atoms with van der Waals surface area (Å²) in [6, 6.07) is 0.132. The van der Waals surface area contributed by atoms with Gasteiger partial charge in [-0.3, -0.25) is 0 Å². The van der Waals surface area contributed by atoms with Gasteiger partial charge in [0.25, 0.3) is 0 Å². The van der Waals surface area contributed by atoms with E-state index in [0.717, 1.165) is 43.6 Å². The van der Waals surface area contributed by atoms with Crippen LogP contribution >= 0.6 is 11.5 Å². The molecule has 8 heteroatoms. The highest BCUT2D eigenvalue weighted by Gasteiger charge is 2.41. The van der Waals surface area contributed by atoms with E-state index in [2.05, 4.69) is 9.69 Å². The van der Waals surface area contributed by atoms with Crippen LogP contribution in [-0.2, 0) is 14.6 Å². The Morgan fingerprint density at radius 1 is 1.35 bits per heavy atom. The van der Waals surface area contributed by atoms with Crippen molar-refractivity contribution in [1.29, 1.82) is 0 Å². The maximum Gasteiger partial charge on any atom is 0.187 e. The zero-order valence-corrected chi connectivity index (χ0v) is 13.0. The molecule has 0 bridgehead atoms. The standard InChI is InChI=1S/C12H19N3O3S2/c1-18-9-4-2-3-8(9)14-12-10(11(13)15-19-12)20(16,17)7-5-6-7/h7-9,14H,2-6H2,1H3,(H2,13,15). The van der Waals surface area contributed by atoms with Crippen molar-refractivity contribution < 1.29 is 13.2 Å². The quantitative estimate of drug-likeness (QED) is 0.857. The molecule has 0 amide bonds. The van der Waals surface area contributed by atoms with Crippen molar-refractivity contribution in [3.05, 3.63) is 0 Å². The lowest BCUT2D eigenvalue weighted by molar-refractivity contribution is 0.101. The molecule has 3 N–H and O–H groups in total. The molecule has 0 saturated heterocycles. The van der Waals surface area contributed by atoms with E-state index >= 15 is 0 Å². The molecular formula is C12H19N3O3S2. The van der Waals surface area contributed by atoms with Crippen molar-refractivity contribution in [2.24, 2.45) is 0 Å². The number of ether oxygens (including phenoxy) is 1. The topological polar surface area (TPSA) is 94.3 Å². The monoisotopic (exact) mass is 317 g/mol. The third kappa shape index (κ3) is 2.40. The van der Waals surface area contributed by atoms with Gasteiger partial charge in [0.15, 0.2) is 15.7 Å². The molecule has 6 nitrogen and oxygen atoms in total. The highest BCUT2D eigenvalue weighted by atomic mass is 32.2. The van der Waals surface area contributed by atoms with Gasteiger partial charge in [-0.2, -0.15) is 4.37 Å². The summed E-state index contributed by atoms with van der Waals surface area (Å²) >= 11 is 1.13. The molecule has 0 spiro atoms. The summed E-state index contributed by atoms with van der Waals surface area (Å²) in [4.78, 5) is 0.201. The molecule has 20 heavy (non-hydrogen) atoms. The van der Waals surface area contributed by atoms with Crippen LogP contribution in [0.5, 0.6) is 0 Å². The van der Waals surface area contributed by atoms with Crippen molar-refractivity contribution in [2.45, 2.75) is 54.4 Å². The highest BCUT2D eigenvalue weighted by Crippen LogP contribution is 2.42. The number of nitrogens with one attached hydrogen (secondary N) is 1. The van der Waals surface area contributed by atoms with Gasteiger partial charge in [-0.15, -0.1) is 0 Å². The van der Waals surface area contributed by atoms with E-state index in [9.17, 15) is 8.42 Å². The van der Waals surface area contributed by atoms with Gasteiger partial charge >= 0.3 is 0 Å². The molecule has 2 fully saturated rings. The van der Waals surface area contributed by atoms with Gasteiger partial charge in [-0.25, -0.2) is 8.42 Å². The average Bonchev–Trinajstić information content (AvgIpc) is 3.08. The van der Waals surface area contributed by atoms with Gasteiger partial charge in [0, 0.05) is 7.11 Å². The van der Waals surface area contributed by atoms with E-state index in [1.54, 1.807) is 7.11 Å². The number of anilines is 2. The fourth-order valence-corrected chi connectivity index (χ4v) is 5.68. The lowest BCUT2D eigenvalue weighted by Crippen LogP contribution is -2.30. The van der Waals surface area contributed by atoms with Gasteiger partial charge < -0.3 is 15.8 Å². The van der Waals surface area contributed by atoms with Crippen molar-refractivity contribution in [2.75, 3.05) is 18.2 Å². The summed E-state index contributed by atoms with van der Waals surface area (Å²) in [6.07, 6.45) is 4.61. The van der Waals surface area contributed by atoms with Crippen LogP contribution in [0, 0.1) is 0 Å². The second-order valence-electron chi connectivity index (χ2n) is 5.43. The number of aromatic nitrogens is 1. The van der Waals surface area contributed by atoms with Crippen LogP contribution in [0.15, 0.2) is 4.90 Å². The predicted octanol–water partition coefficient (Wildman–Crippen LogP) is 1.64. The zero-order chi connectivity index (χ0) is 14.3. The largest absolute Gasteiger partial charge is 0.382 e. The summed E-state index contributed by atoms with van der Waals surface area (Å²) < 4.78 is 34.3. The second-order valence-corrected chi connectivity index (χ2v) is 8.36. The first-order valence-electron chi connectivity index (χ1n) is 6.82. The highest BCUT2D eigenvalue weighted by molar-refractivity contribution is 7.92. The fraction of sp³-hybridized carbons (Fsp3) is 0.750. The molecule has 112 valence electrons. The Balaban J connectivity index is 1.87. The molecule has 0 aliphatic heterocycles. The first-order chi connectivity index (χ1) is 9.54. The number of hydrogen-bond acceptors (Lipinski definition) is 7. The molecular weight excluding hydrogens is 298 g/mol.